The number of aryl methyl sites for hydroxylation is 1. The van der Waals surface area contributed by atoms with Crippen LogP contribution in [0.25, 0.3) is 0 Å². The zero-order chi connectivity index (χ0) is 10.7. The molecule has 1 N–H and O–H groups in total. The van der Waals surface area contributed by atoms with E-state index in [-0.39, 0.29) is 0 Å². The number of nitrogens with one attached hydrogen (secondary N) is 1. The summed E-state index contributed by atoms with van der Waals surface area (Å²) >= 11 is 0. The van der Waals surface area contributed by atoms with Crippen molar-refractivity contribution in [2.24, 2.45) is 0 Å². The van der Waals surface area contributed by atoms with E-state index in [9.17, 15) is 0 Å². The molecule has 2 heterocycles. The fourth-order valence-electron chi connectivity index (χ4n) is 1.89. The van der Waals surface area contributed by atoms with Crippen LogP contribution >= 0.6 is 0 Å². The van der Waals surface area contributed by atoms with Crippen LogP contribution in [-0.2, 0) is 0 Å². The lowest BCUT2D eigenvalue weighted by molar-refractivity contribution is 0.566. The van der Waals surface area contributed by atoms with Crippen molar-refractivity contribution in [2.45, 2.75) is 26.3 Å². The molecule has 1 fully saturated rings. The summed E-state index contributed by atoms with van der Waals surface area (Å²) in [6, 6.07) is 4.87. The Balaban J connectivity index is 2.06. The second kappa shape index (κ2) is 4.62. The number of nitrogens with zero attached hydrogens (tertiary/aromatic N) is 2. The van der Waals surface area contributed by atoms with Crippen LogP contribution in [0.4, 0.5) is 5.82 Å². The Morgan fingerprint density at radius 1 is 1.40 bits per heavy atom. The normalized spacial score (nSPS) is 22.5. The zero-order valence-corrected chi connectivity index (χ0v) is 9.53. The van der Waals surface area contributed by atoms with E-state index in [1.54, 1.807) is 0 Å². The van der Waals surface area contributed by atoms with Crippen LogP contribution < -0.4 is 10.2 Å². The maximum Gasteiger partial charge on any atom is 0.128 e. The smallest absolute Gasteiger partial charge is 0.128 e. The molecule has 15 heavy (non-hydrogen) atoms. The van der Waals surface area contributed by atoms with Gasteiger partial charge in [0.15, 0.2) is 0 Å². The second-order valence-electron chi connectivity index (χ2n) is 4.32. The minimum absolute atomic E-state index is 0.625. The molecule has 1 aromatic rings. The molecular formula is C12H19N3. The first-order valence-electron chi connectivity index (χ1n) is 5.67. The molecule has 1 aliphatic rings. The van der Waals surface area contributed by atoms with Gasteiger partial charge in [-0.1, -0.05) is 6.07 Å². The zero-order valence-electron chi connectivity index (χ0n) is 9.53. The van der Waals surface area contributed by atoms with Crippen molar-refractivity contribution in [3.05, 3.63) is 23.9 Å². The van der Waals surface area contributed by atoms with Crippen molar-refractivity contribution in [3.8, 4) is 0 Å². The minimum Gasteiger partial charge on any atom is -0.355 e. The molecule has 2 rings (SSSR count). The molecule has 0 radical (unpaired) electrons. The molecule has 3 nitrogen and oxygen atoms in total. The van der Waals surface area contributed by atoms with E-state index < -0.39 is 0 Å². The third-order valence-electron chi connectivity index (χ3n) is 2.93. The summed E-state index contributed by atoms with van der Waals surface area (Å²) in [4.78, 5) is 6.82. The van der Waals surface area contributed by atoms with E-state index in [4.69, 9.17) is 0 Å². The molecule has 0 saturated carbocycles. The van der Waals surface area contributed by atoms with Crippen molar-refractivity contribution < 1.29 is 0 Å². The summed E-state index contributed by atoms with van der Waals surface area (Å²) in [5, 5.41) is 3.49. The van der Waals surface area contributed by atoms with Crippen molar-refractivity contribution in [3.63, 3.8) is 0 Å². The van der Waals surface area contributed by atoms with Crippen molar-refractivity contribution >= 4 is 5.82 Å². The van der Waals surface area contributed by atoms with Crippen molar-refractivity contribution in [1.29, 1.82) is 0 Å². The third-order valence-corrected chi connectivity index (χ3v) is 2.93. The predicted octanol–water partition coefficient (Wildman–Crippen LogP) is 1.58. The molecule has 1 aromatic heterocycles. The summed E-state index contributed by atoms with van der Waals surface area (Å²) in [7, 11) is 0. The number of pyridine rings is 1. The van der Waals surface area contributed by atoms with Gasteiger partial charge in [0.25, 0.3) is 0 Å². The molecule has 3 heteroatoms. The molecule has 1 saturated heterocycles. The van der Waals surface area contributed by atoms with Crippen LogP contribution in [0.15, 0.2) is 18.3 Å². The number of hydrogen-bond donors (Lipinski definition) is 1. The summed E-state index contributed by atoms with van der Waals surface area (Å²) in [6.07, 6.45) is 3.13. The van der Waals surface area contributed by atoms with Gasteiger partial charge in [0.2, 0.25) is 0 Å². The Hall–Kier alpha value is -1.09. The highest BCUT2D eigenvalue weighted by Gasteiger charge is 2.13. The van der Waals surface area contributed by atoms with E-state index in [1.807, 2.05) is 6.20 Å². The molecule has 0 bridgehead atoms. The maximum absolute atomic E-state index is 4.47. The molecular weight excluding hydrogens is 186 g/mol. The van der Waals surface area contributed by atoms with Crippen LogP contribution in [0.2, 0.25) is 0 Å². The van der Waals surface area contributed by atoms with Gasteiger partial charge in [0.05, 0.1) is 0 Å². The summed E-state index contributed by atoms with van der Waals surface area (Å²) in [5.41, 5.74) is 1.22. The van der Waals surface area contributed by atoms with Crippen molar-refractivity contribution in [2.75, 3.05) is 24.5 Å². The van der Waals surface area contributed by atoms with E-state index in [1.165, 1.54) is 12.0 Å². The summed E-state index contributed by atoms with van der Waals surface area (Å²) in [5.74, 6) is 1.11. The van der Waals surface area contributed by atoms with E-state index >= 15 is 0 Å². The highest BCUT2D eigenvalue weighted by Crippen LogP contribution is 2.13. The Kier molecular flexibility index (Phi) is 3.21. The lowest BCUT2D eigenvalue weighted by Crippen LogP contribution is -2.29. The average Bonchev–Trinajstić information content (AvgIpc) is 2.44. The number of hydrogen-bond acceptors (Lipinski definition) is 3. The van der Waals surface area contributed by atoms with Gasteiger partial charge in [-0.2, -0.15) is 0 Å². The van der Waals surface area contributed by atoms with Gasteiger partial charge in [0.1, 0.15) is 5.82 Å². The van der Waals surface area contributed by atoms with Gasteiger partial charge in [0, 0.05) is 31.9 Å². The van der Waals surface area contributed by atoms with Crippen LogP contribution in [0.5, 0.6) is 0 Å². The number of anilines is 1. The first-order chi connectivity index (χ1) is 7.25. The van der Waals surface area contributed by atoms with Crippen LogP contribution in [0.1, 0.15) is 18.9 Å². The van der Waals surface area contributed by atoms with Crippen molar-refractivity contribution in [1.82, 2.24) is 10.3 Å². The fraction of sp³-hybridized carbons (Fsp3) is 0.583. The van der Waals surface area contributed by atoms with E-state index in [0.717, 1.165) is 25.5 Å². The first-order valence-corrected chi connectivity index (χ1v) is 5.67. The quantitative estimate of drug-likeness (QED) is 0.754. The number of rotatable bonds is 1. The maximum atomic E-state index is 4.47. The largest absolute Gasteiger partial charge is 0.355 e. The molecule has 0 aromatic carbocycles. The van der Waals surface area contributed by atoms with Gasteiger partial charge in [-0.25, -0.2) is 4.98 Å². The Bertz CT molecular complexity index is 307. The highest BCUT2D eigenvalue weighted by atomic mass is 15.2. The molecule has 0 spiro atoms. The molecule has 82 valence electrons. The third kappa shape index (κ3) is 2.69. The molecule has 1 unspecified atom stereocenters. The molecule has 0 amide bonds. The summed E-state index contributed by atoms with van der Waals surface area (Å²) in [6.45, 7) is 7.52. The lowest BCUT2D eigenvalue weighted by Gasteiger charge is -2.20. The SMILES string of the molecule is Cc1ccc(N2CCNC(C)CC2)nc1. The number of aromatic nitrogens is 1. The van der Waals surface area contributed by atoms with Gasteiger partial charge < -0.3 is 10.2 Å². The topological polar surface area (TPSA) is 28.2 Å². The standard InChI is InChI=1S/C12H19N3/c1-10-3-4-12(14-9-10)15-7-5-11(2)13-6-8-15/h3-4,9,11,13H,5-8H2,1-2H3. The van der Waals surface area contributed by atoms with Gasteiger partial charge in [-0.15, -0.1) is 0 Å². The highest BCUT2D eigenvalue weighted by molar-refractivity contribution is 5.39. The van der Waals surface area contributed by atoms with E-state index in [0.29, 0.717) is 6.04 Å². The van der Waals surface area contributed by atoms with Crippen LogP contribution in [0.3, 0.4) is 0 Å². The monoisotopic (exact) mass is 205 g/mol. The summed E-state index contributed by atoms with van der Waals surface area (Å²) < 4.78 is 0. The Morgan fingerprint density at radius 3 is 3.00 bits per heavy atom. The lowest BCUT2D eigenvalue weighted by atomic mass is 10.2. The average molecular weight is 205 g/mol. The Morgan fingerprint density at radius 2 is 2.27 bits per heavy atom. The van der Waals surface area contributed by atoms with Crippen LogP contribution in [-0.4, -0.2) is 30.7 Å². The van der Waals surface area contributed by atoms with Gasteiger partial charge in [-0.05, 0) is 31.9 Å². The molecule has 1 aliphatic heterocycles. The van der Waals surface area contributed by atoms with E-state index in [2.05, 4.69) is 41.2 Å². The Labute approximate surface area is 91.5 Å². The van der Waals surface area contributed by atoms with Gasteiger partial charge in [-0.3, -0.25) is 0 Å². The van der Waals surface area contributed by atoms with Gasteiger partial charge >= 0.3 is 0 Å². The van der Waals surface area contributed by atoms with Crippen LogP contribution in [0, 0.1) is 6.92 Å². The minimum atomic E-state index is 0.625. The predicted molar refractivity (Wildman–Crippen MR) is 63.3 cm³/mol. The fourth-order valence-corrected chi connectivity index (χ4v) is 1.89. The second-order valence-corrected chi connectivity index (χ2v) is 4.32. The molecule has 1 atom stereocenters. The molecule has 0 aliphatic carbocycles. The first kappa shape index (κ1) is 10.4.